The van der Waals surface area contributed by atoms with E-state index in [1.54, 1.807) is 6.07 Å². The molecule has 1 aliphatic rings. The Morgan fingerprint density at radius 3 is 2.30 bits per heavy atom. The SMILES string of the molecule is O=C(NC1CCN(Cc2ccccc2)CC1)c1cccc(S(=O)(=O)Nc2ccc(SC(F)F)cc2)c1.[Cl-]. The normalized spacial score (nSPS) is 14.7. The lowest BCUT2D eigenvalue weighted by Crippen LogP contribution is -3.00. The van der Waals surface area contributed by atoms with Gasteiger partial charge in [0.05, 0.1) is 4.90 Å². The summed E-state index contributed by atoms with van der Waals surface area (Å²) in [6.07, 6.45) is 1.63. The van der Waals surface area contributed by atoms with Crippen LogP contribution in [0.5, 0.6) is 0 Å². The second kappa shape index (κ2) is 13.2. The van der Waals surface area contributed by atoms with Gasteiger partial charge in [0.15, 0.2) is 0 Å². The number of halogens is 3. The van der Waals surface area contributed by atoms with Crippen molar-refractivity contribution < 1.29 is 34.4 Å². The van der Waals surface area contributed by atoms with Crippen molar-refractivity contribution in [3.8, 4) is 0 Å². The highest BCUT2D eigenvalue weighted by Gasteiger charge is 2.22. The van der Waals surface area contributed by atoms with E-state index in [4.69, 9.17) is 0 Å². The summed E-state index contributed by atoms with van der Waals surface area (Å²) in [5.41, 5.74) is 1.76. The van der Waals surface area contributed by atoms with E-state index >= 15 is 0 Å². The molecule has 0 saturated carbocycles. The number of benzene rings is 3. The van der Waals surface area contributed by atoms with Gasteiger partial charge in [-0.2, -0.15) is 8.78 Å². The number of carbonyl (C=O) groups excluding carboxylic acids is 1. The van der Waals surface area contributed by atoms with Gasteiger partial charge in [-0.3, -0.25) is 14.4 Å². The predicted molar refractivity (Wildman–Crippen MR) is 138 cm³/mol. The number of piperidine rings is 1. The van der Waals surface area contributed by atoms with E-state index in [2.05, 4.69) is 27.1 Å². The molecule has 0 atom stereocenters. The van der Waals surface area contributed by atoms with Crippen LogP contribution in [0, 0.1) is 0 Å². The van der Waals surface area contributed by atoms with Gasteiger partial charge in [0.2, 0.25) is 0 Å². The average Bonchev–Trinajstić information content (AvgIpc) is 2.87. The highest BCUT2D eigenvalue weighted by Crippen LogP contribution is 2.27. The largest absolute Gasteiger partial charge is 1.00 e. The van der Waals surface area contributed by atoms with Gasteiger partial charge in [-0.15, -0.1) is 0 Å². The van der Waals surface area contributed by atoms with E-state index in [0.29, 0.717) is 16.7 Å². The second-order valence-corrected chi connectivity index (χ2v) is 11.3. The standard InChI is InChI=1S/C26H27F2N3O3S2.ClH/c27-26(28)35-23-11-9-22(10-12-23)30-36(33,34)24-8-4-7-20(17-24)25(32)29-21-13-15-31(16-14-21)18-19-5-2-1-3-6-19;/h1-12,17,21,26,30H,13-16,18H2,(H,29,32);1H/p-1. The van der Waals surface area contributed by atoms with Crippen molar-refractivity contribution in [1.29, 1.82) is 0 Å². The first kappa shape index (κ1) is 28.9. The van der Waals surface area contributed by atoms with E-state index in [-0.39, 0.29) is 40.5 Å². The molecule has 11 heteroatoms. The minimum absolute atomic E-state index is 0. The van der Waals surface area contributed by atoms with E-state index in [1.807, 2.05) is 18.2 Å². The zero-order valence-corrected chi connectivity index (χ0v) is 22.2. The van der Waals surface area contributed by atoms with Gasteiger partial charge in [0, 0.05) is 41.8 Å². The fourth-order valence-electron chi connectivity index (χ4n) is 4.07. The van der Waals surface area contributed by atoms with Crippen LogP contribution in [0.4, 0.5) is 14.5 Å². The highest BCUT2D eigenvalue weighted by molar-refractivity contribution is 7.99. The number of amides is 1. The molecule has 0 radical (unpaired) electrons. The zero-order valence-electron chi connectivity index (χ0n) is 19.8. The van der Waals surface area contributed by atoms with E-state index in [9.17, 15) is 22.0 Å². The number of anilines is 1. The van der Waals surface area contributed by atoms with Gasteiger partial charge in [0.25, 0.3) is 21.7 Å². The summed E-state index contributed by atoms with van der Waals surface area (Å²) < 4.78 is 53.1. The molecular formula is C26H27ClF2N3O3S2-. The maximum absolute atomic E-state index is 12.8. The molecule has 0 bridgehead atoms. The summed E-state index contributed by atoms with van der Waals surface area (Å²) in [5, 5.41) is 3.03. The van der Waals surface area contributed by atoms with Crippen LogP contribution >= 0.6 is 11.8 Å². The fourth-order valence-corrected chi connectivity index (χ4v) is 5.67. The molecule has 3 aromatic carbocycles. The molecule has 198 valence electrons. The molecular weight excluding hydrogens is 540 g/mol. The number of rotatable bonds is 9. The summed E-state index contributed by atoms with van der Waals surface area (Å²) >= 11 is 0.383. The molecule has 2 N–H and O–H groups in total. The molecule has 0 aliphatic carbocycles. The number of alkyl halides is 2. The molecule has 6 nitrogen and oxygen atoms in total. The quantitative estimate of drug-likeness (QED) is 0.388. The number of nitrogens with zero attached hydrogens (tertiary/aromatic N) is 1. The number of carbonyl (C=O) groups is 1. The Morgan fingerprint density at radius 1 is 0.973 bits per heavy atom. The topological polar surface area (TPSA) is 78.5 Å². The van der Waals surface area contributed by atoms with Crippen LogP contribution in [0.3, 0.4) is 0 Å². The summed E-state index contributed by atoms with van der Waals surface area (Å²) in [7, 11) is -3.97. The molecule has 1 fully saturated rings. The molecule has 3 aromatic rings. The van der Waals surface area contributed by atoms with Crippen molar-refractivity contribution in [2.75, 3.05) is 17.8 Å². The van der Waals surface area contributed by atoms with Crippen LogP contribution in [0.1, 0.15) is 28.8 Å². The van der Waals surface area contributed by atoms with Crippen molar-refractivity contribution in [1.82, 2.24) is 10.2 Å². The van der Waals surface area contributed by atoms with Crippen LogP contribution in [0.2, 0.25) is 0 Å². The Hall–Kier alpha value is -2.66. The predicted octanol–water partition coefficient (Wildman–Crippen LogP) is 2.20. The molecule has 1 aliphatic heterocycles. The van der Waals surface area contributed by atoms with Gasteiger partial charge in [-0.25, -0.2) is 8.42 Å². The Morgan fingerprint density at radius 2 is 1.65 bits per heavy atom. The number of thioether (sulfide) groups is 1. The summed E-state index contributed by atoms with van der Waals surface area (Å²) in [5.74, 6) is -2.87. The van der Waals surface area contributed by atoms with E-state index in [0.717, 1.165) is 32.5 Å². The number of hydrogen-bond acceptors (Lipinski definition) is 5. The van der Waals surface area contributed by atoms with Crippen LogP contribution in [0.25, 0.3) is 0 Å². The van der Waals surface area contributed by atoms with Gasteiger partial charge in [-0.1, -0.05) is 48.2 Å². The lowest BCUT2D eigenvalue weighted by atomic mass is 10.0. The lowest BCUT2D eigenvalue weighted by molar-refractivity contribution is -0.0000206. The monoisotopic (exact) mass is 566 g/mol. The third-order valence-electron chi connectivity index (χ3n) is 5.91. The number of sulfonamides is 1. The number of likely N-dealkylation sites (tertiary alicyclic amines) is 1. The van der Waals surface area contributed by atoms with Crippen LogP contribution in [-0.4, -0.2) is 44.1 Å². The molecule has 4 rings (SSSR count). The second-order valence-electron chi connectivity index (χ2n) is 8.55. The first-order chi connectivity index (χ1) is 17.3. The molecule has 1 amide bonds. The lowest BCUT2D eigenvalue weighted by Gasteiger charge is -2.32. The van der Waals surface area contributed by atoms with Crippen LogP contribution in [-0.2, 0) is 16.6 Å². The fraction of sp³-hybridized carbons (Fsp3) is 0.269. The number of hydrogen-bond donors (Lipinski definition) is 2. The molecule has 37 heavy (non-hydrogen) atoms. The Labute approximate surface area is 226 Å². The van der Waals surface area contributed by atoms with E-state index < -0.39 is 15.8 Å². The summed E-state index contributed by atoms with van der Waals surface area (Å²) in [4.78, 5) is 15.5. The molecule has 0 spiro atoms. The third kappa shape index (κ3) is 8.43. The minimum atomic E-state index is -3.97. The maximum Gasteiger partial charge on any atom is 0.288 e. The van der Waals surface area contributed by atoms with Crippen LogP contribution < -0.4 is 22.4 Å². The first-order valence-corrected chi connectivity index (χ1v) is 13.9. The summed E-state index contributed by atoms with van der Waals surface area (Å²) in [6, 6.07) is 21.8. The molecule has 0 aromatic heterocycles. The van der Waals surface area contributed by atoms with Crippen molar-refractivity contribution >= 4 is 33.4 Å². The summed E-state index contributed by atoms with van der Waals surface area (Å²) in [6.45, 7) is 2.61. The van der Waals surface area contributed by atoms with Crippen molar-refractivity contribution in [2.24, 2.45) is 0 Å². The highest BCUT2D eigenvalue weighted by atomic mass is 35.5. The van der Waals surface area contributed by atoms with Gasteiger partial charge >= 0.3 is 0 Å². The Bertz CT molecular complexity index is 1270. The van der Waals surface area contributed by atoms with Crippen molar-refractivity contribution in [3.05, 3.63) is 90.0 Å². The molecule has 1 saturated heterocycles. The average molecular weight is 567 g/mol. The van der Waals surface area contributed by atoms with E-state index in [1.165, 1.54) is 48.0 Å². The van der Waals surface area contributed by atoms with Crippen LogP contribution in [0.15, 0.2) is 88.7 Å². The number of nitrogens with one attached hydrogen (secondary N) is 2. The van der Waals surface area contributed by atoms with Gasteiger partial charge in [0.1, 0.15) is 0 Å². The van der Waals surface area contributed by atoms with Gasteiger partial charge in [-0.05, 0) is 60.9 Å². The minimum Gasteiger partial charge on any atom is -1.00 e. The van der Waals surface area contributed by atoms with Crippen molar-refractivity contribution in [2.45, 2.75) is 41.0 Å². The molecule has 1 heterocycles. The Balaban J connectivity index is 0.00000380. The first-order valence-electron chi connectivity index (χ1n) is 11.5. The smallest absolute Gasteiger partial charge is 0.288 e. The zero-order chi connectivity index (χ0) is 25.5. The van der Waals surface area contributed by atoms with Gasteiger partial charge < -0.3 is 17.7 Å². The Kier molecular flexibility index (Phi) is 10.3. The van der Waals surface area contributed by atoms with Crippen molar-refractivity contribution in [3.63, 3.8) is 0 Å². The molecule has 0 unspecified atom stereocenters. The maximum atomic E-state index is 12.8. The third-order valence-corrected chi connectivity index (χ3v) is 8.01.